The number of likely N-dealkylation sites (tertiary alicyclic amines) is 1. The molecule has 0 unspecified atom stereocenters. The normalized spacial score (nSPS) is 15.3. The second kappa shape index (κ2) is 8.88. The summed E-state index contributed by atoms with van der Waals surface area (Å²) in [5, 5.41) is 9.22. The second-order valence-electron chi connectivity index (χ2n) is 7.78. The Morgan fingerprint density at radius 1 is 1.15 bits per heavy atom. The molecule has 1 aliphatic rings. The average molecular weight is 376 g/mol. The Labute approximate surface area is 159 Å². The maximum absolute atomic E-state index is 12.7. The third-order valence-corrected chi connectivity index (χ3v) is 4.38. The quantitative estimate of drug-likeness (QED) is 0.853. The van der Waals surface area contributed by atoms with Crippen molar-refractivity contribution in [1.82, 2.24) is 9.80 Å². The van der Waals surface area contributed by atoms with Gasteiger partial charge in [-0.25, -0.2) is 4.79 Å². The number of carbonyl (C=O) groups excluding carboxylic acids is 2. The van der Waals surface area contributed by atoms with Crippen molar-refractivity contribution < 1.29 is 24.2 Å². The summed E-state index contributed by atoms with van der Waals surface area (Å²) in [6, 6.07) is 9.07. The molecule has 1 heterocycles. The van der Waals surface area contributed by atoms with Gasteiger partial charge < -0.3 is 19.6 Å². The van der Waals surface area contributed by atoms with Gasteiger partial charge in [-0.05, 0) is 39.2 Å². The molecule has 0 atom stereocenters. The highest BCUT2D eigenvalue weighted by molar-refractivity contribution is 5.83. The van der Waals surface area contributed by atoms with Crippen LogP contribution in [0.2, 0.25) is 0 Å². The zero-order chi connectivity index (χ0) is 20.0. The van der Waals surface area contributed by atoms with Crippen molar-refractivity contribution in [3.05, 3.63) is 35.9 Å². The number of carbonyl (C=O) groups is 3. The fourth-order valence-corrected chi connectivity index (χ4v) is 3.13. The Kier molecular flexibility index (Phi) is 6.82. The maximum Gasteiger partial charge on any atom is 0.410 e. The number of rotatable bonds is 5. The Morgan fingerprint density at radius 2 is 1.74 bits per heavy atom. The standard InChI is InChI=1S/C20H28N2O5/c1-20(2,3)27-19(26)21-11-9-16(10-12-21)22(14-18(24)25)17(23)13-15-7-5-4-6-8-15/h4-8,16H,9-14H2,1-3H3,(H,24,25). The number of hydrogen-bond acceptors (Lipinski definition) is 4. The summed E-state index contributed by atoms with van der Waals surface area (Å²) in [6.45, 7) is 5.99. The lowest BCUT2D eigenvalue weighted by Gasteiger charge is -2.38. The summed E-state index contributed by atoms with van der Waals surface area (Å²) in [5.41, 5.74) is 0.290. The van der Waals surface area contributed by atoms with Gasteiger partial charge in [0, 0.05) is 19.1 Å². The minimum Gasteiger partial charge on any atom is -0.480 e. The summed E-state index contributed by atoms with van der Waals surface area (Å²) >= 11 is 0. The van der Waals surface area contributed by atoms with Crippen molar-refractivity contribution in [3.8, 4) is 0 Å². The molecule has 148 valence electrons. The van der Waals surface area contributed by atoms with E-state index in [1.54, 1.807) is 4.90 Å². The molecule has 0 aliphatic carbocycles. The van der Waals surface area contributed by atoms with E-state index in [1.807, 2.05) is 51.1 Å². The van der Waals surface area contributed by atoms with Crippen molar-refractivity contribution in [2.75, 3.05) is 19.6 Å². The van der Waals surface area contributed by atoms with Gasteiger partial charge in [0.1, 0.15) is 12.1 Å². The minimum atomic E-state index is -1.04. The number of carboxylic acid groups (broad SMARTS) is 1. The van der Waals surface area contributed by atoms with Crippen LogP contribution in [0.25, 0.3) is 0 Å². The van der Waals surface area contributed by atoms with Crippen molar-refractivity contribution >= 4 is 18.0 Å². The van der Waals surface area contributed by atoms with Crippen molar-refractivity contribution in [2.24, 2.45) is 0 Å². The number of aliphatic carboxylic acids is 1. The lowest BCUT2D eigenvalue weighted by Crippen LogP contribution is -2.51. The molecule has 27 heavy (non-hydrogen) atoms. The van der Waals surface area contributed by atoms with Gasteiger partial charge in [0.05, 0.1) is 6.42 Å². The monoisotopic (exact) mass is 376 g/mol. The molecule has 1 fully saturated rings. The van der Waals surface area contributed by atoms with E-state index in [4.69, 9.17) is 4.74 Å². The summed E-state index contributed by atoms with van der Waals surface area (Å²) in [4.78, 5) is 39.2. The van der Waals surface area contributed by atoms with Gasteiger partial charge in [0.15, 0.2) is 0 Å². The summed E-state index contributed by atoms with van der Waals surface area (Å²) in [6.07, 6.45) is 0.863. The number of carboxylic acids is 1. The molecule has 0 spiro atoms. The van der Waals surface area contributed by atoms with Gasteiger partial charge in [-0.3, -0.25) is 9.59 Å². The topological polar surface area (TPSA) is 87.2 Å². The molecule has 1 saturated heterocycles. The molecule has 0 radical (unpaired) electrons. The van der Waals surface area contributed by atoms with Crippen LogP contribution in [-0.2, 0) is 20.7 Å². The largest absolute Gasteiger partial charge is 0.480 e. The molecule has 7 nitrogen and oxygen atoms in total. The van der Waals surface area contributed by atoms with Crippen LogP contribution in [0, 0.1) is 0 Å². The predicted molar refractivity (Wildman–Crippen MR) is 100 cm³/mol. The minimum absolute atomic E-state index is 0.167. The molecular weight excluding hydrogens is 348 g/mol. The first-order chi connectivity index (χ1) is 12.7. The molecule has 1 aromatic carbocycles. The third-order valence-electron chi connectivity index (χ3n) is 4.38. The first kappa shape index (κ1) is 20.7. The van der Waals surface area contributed by atoms with E-state index in [9.17, 15) is 19.5 Å². The molecule has 0 bridgehead atoms. The van der Waals surface area contributed by atoms with Gasteiger partial charge in [-0.1, -0.05) is 30.3 Å². The second-order valence-corrected chi connectivity index (χ2v) is 7.78. The van der Waals surface area contributed by atoms with Gasteiger partial charge in [0.25, 0.3) is 0 Å². The molecular formula is C20H28N2O5. The highest BCUT2D eigenvalue weighted by Gasteiger charge is 2.32. The van der Waals surface area contributed by atoms with Gasteiger partial charge in [-0.15, -0.1) is 0 Å². The molecule has 7 heteroatoms. The highest BCUT2D eigenvalue weighted by atomic mass is 16.6. The summed E-state index contributed by atoms with van der Waals surface area (Å²) in [7, 11) is 0. The third kappa shape index (κ3) is 6.58. The van der Waals surface area contributed by atoms with E-state index in [-0.39, 0.29) is 31.0 Å². The van der Waals surface area contributed by atoms with Crippen molar-refractivity contribution in [3.63, 3.8) is 0 Å². The Balaban J connectivity index is 1.98. The molecule has 2 amide bonds. The van der Waals surface area contributed by atoms with Crippen LogP contribution in [0.1, 0.15) is 39.2 Å². The van der Waals surface area contributed by atoms with Crippen LogP contribution in [0.4, 0.5) is 4.79 Å². The van der Waals surface area contributed by atoms with Crippen LogP contribution in [-0.4, -0.2) is 64.2 Å². The molecule has 1 aromatic rings. The van der Waals surface area contributed by atoms with Crippen LogP contribution in [0.5, 0.6) is 0 Å². The zero-order valence-corrected chi connectivity index (χ0v) is 16.2. The fourth-order valence-electron chi connectivity index (χ4n) is 3.13. The molecule has 2 rings (SSSR count). The maximum atomic E-state index is 12.7. The lowest BCUT2D eigenvalue weighted by atomic mass is 10.0. The van der Waals surface area contributed by atoms with Gasteiger partial charge >= 0.3 is 12.1 Å². The van der Waals surface area contributed by atoms with Crippen molar-refractivity contribution in [1.29, 1.82) is 0 Å². The first-order valence-corrected chi connectivity index (χ1v) is 9.19. The van der Waals surface area contributed by atoms with E-state index in [0.29, 0.717) is 25.9 Å². The highest BCUT2D eigenvalue weighted by Crippen LogP contribution is 2.20. The smallest absolute Gasteiger partial charge is 0.410 e. The SMILES string of the molecule is CC(C)(C)OC(=O)N1CCC(N(CC(=O)O)C(=O)Cc2ccccc2)CC1. The predicted octanol–water partition coefficient (Wildman–Crippen LogP) is 2.54. The number of amides is 2. The molecule has 1 N–H and O–H groups in total. The van der Waals surface area contributed by atoms with Gasteiger partial charge in [-0.2, -0.15) is 0 Å². The Bertz CT molecular complexity index is 661. The first-order valence-electron chi connectivity index (χ1n) is 9.19. The Hall–Kier alpha value is -2.57. The average Bonchev–Trinajstić information content (AvgIpc) is 2.59. The van der Waals surface area contributed by atoms with Crippen LogP contribution < -0.4 is 0 Å². The number of hydrogen-bond donors (Lipinski definition) is 1. The van der Waals surface area contributed by atoms with E-state index in [0.717, 1.165) is 5.56 Å². The number of benzene rings is 1. The molecule has 1 aliphatic heterocycles. The van der Waals surface area contributed by atoms with Crippen LogP contribution >= 0.6 is 0 Å². The van der Waals surface area contributed by atoms with E-state index in [1.165, 1.54) is 4.90 Å². The lowest BCUT2D eigenvalue weighted by molar-refractivity contribution is -0.146. The number of piperidine rings is 1. The zero-order valence-electron chi connectivity index (χ0n) is 16.2. The summed E-state index contributed by atoms with van der Waals surface area (Å²) in [5.74, 6) is -1.25. The Morgan fingerprint density at radius 3 is 2.26 bits per heavy atom. The van der Waals surface area contributed by atoms with Gasteiger partial charge in [0.2, 0.25) is 5.91 Å². The number of ether oxygens (including phenoxy) is 1. The fraction of sp³-hybridized carbons (Fsp3) is 0.550. The van der Waals surface area contributed by atoms with Crippen LogP contribution in [0.15, 0.2) is 30.3 Å². The summed E-state index contributed by atoms with van der Waals surface area (Å²) < 4.78 is 5.38. The van der Waals surface area contributed by atoms with Crippen LogP contribution in [0.3, 0.4) is 0 Å². The molecule has 0 saturated carbocycles. The van der Waals surface area contributed by atoms with Crippen molar-refractivity contribution in [2.45, 2.75) is 51.7 Å². The van der Waals surface area contributed by atoms with E-state index in [2.05, 4.69) is 0 Å². The van der Waals surface area contributed by atoms with E-state index >= 15 is 0 Å². The van der Waals surface area contributed by atoms with E-state index < -0.39 is 11.6 Å². The number of nitrogens with zero attached hydrogens (tertiary/aromatic N) is 2. The molecule has 0 aromatic heterocycles.